The number of allylic oxidation sites excluding steroid dienone is 1. The van der Waals surface area contributed by atoms with Gasteiger partial charge in [0, 0.05) is 43.3 Å². The van der Waals surface area contributed by atoms with Crippen molar-refractivity contribution >= 4 is 29.3 Å². The Kier molecular flexibility index (Phi) is 5.81. The van der Waals surface area contributed by atoms with Gasteiger partial charge < -0.3 is 10.2 Å². The number of carbonyl (C=O) groups is 2. The van der Waals surface area contributed by atoms with Gasteiger partial charge in [-0.3, -0.25) is 14.6 Å². The minimum atomic E-state index is -0.243. The molecule has 0 bridgehead atoms. The summed E-state index contributed by atoms with van der Waals surface area (Å²) in [5, 5.41) is 2.75. The lowest BCUT2D eigenvalue weighted by molar-refractivity contribution is -0.125. The number of hydrogen-bond donors (Lipinski definition) is 1. The zero-order valence-corrected chi connectivity index (χ0v) is 18.1. The van der Waals surface area contributed by atoms with E-state index in [0.717, 1.165) is 25.1 Å². The zero-order chi connectivity index (χ0) is 22.6. The molecule has 3 aromatic rings. The fourth-order valence-corrected chi connectivity index (χ4v) is 4.50. The molecule has 5 rings (SSSR count). The van der Waals surface area contributed by atoms with Crippen LogP contribution in [-0.4, -0.2) is 39.8 Å². The molecule has 1 aliphatic heterocycles. The first-order chi connectivity index (χ1) is 16.2. The van der Waals surface area contributed by atoms with Gasteiger partial charge in [0.2, 0.25) is 5.91 Å². The first-order valence-corrected chi connectivity index (χ1v) is 11.1. The fraction of sp³-hybridized carbons (Fsp3) is 0.185. The summed E-state index contributed by atoms with van der Waals surface area (Å²) >= 11 is 0. The van der Waals surface area contributed by atoms with E-state index < -0.39 is 0 Å². The molecule has 164 valence electrons. The molecule has 3 heterocycles. The lowest BCUT2D eigenvalue weighted by Crippen LogP contribution is -2.27. The first-order valence-electron chi connectivity index (χ1n) is 11.1. The average molecular weight is 437 g/mol. The van der Waals surface area contributed by atoms with E-state index in [-0.39, 0.29) is 11.8 Å². The molecule has 2 amide bonds. The number of amides is 2. The van der Waals surface area contributed by atoms with Crippen LogP contribution in [0.15, 0.2) is 85.3 Å². The Labute approximate surface area is 192 Å². The lowest BCUT2D eigenvalue weighted by atomic mass is 9.98. The van der Waals surface area contributed by atoms with Crippen LogP contribution in [0, 0.1) is 11.8 Å². The van der Waals surface area contributed by atoms with E-state index in [2.05, 4.69) is 45.6 Å². The van der Waals surface area contributed by atoms with Crippen LogP contribution in [0.3, 0.4) is 0 Å². The highest BCUT2D eigenvalue weighted by molar-refractivity contribution is 6.03. The Morgan fingerprint density at radius 3 is 2.55 bits per heavy atom. The van der Waals surface area contributed by atoms with E-state index in [1.165, 1.54) is 11.1 Å². The third kappa shape index (κ3) is 4.75. The number of carbonyl (C=O) groups excluding carboxylic acids is 2. The average Bonchev–Trinajstić information content (AvgIpc) is 3.44. The van der Waals surface area contributed by atoms with Crippen LogP contribution in [0.5, 0.6) is 0 Å². The zero-order valence-electron chi connectivity index (χ0n) is 18.1. The highest BCUT2D eigenvalue weighted by Crippen LogP contribution is 2.40. The SMILES string of the molecule is O=C(Nc1ccc(/C=C/C(=O)N2CC3C=C(c4ccccc4)CC3C2)cn1)c1ccncc1. The molecule has 2 aliphatic rings. The minimum absolute atomic E-state index is 0.0223. The Hall–Kier alpha value is -4.06. The predicted molar refractivity (Wildman–Crippen MR) is 128 cm³/mol. The maximum atomic E-state index is 12.7. The quantitative estimate of drug-likeness (QED) is 0.605. The predicted octanol–water partition coefficient (Wildman–Crippen LogP) is 4.30. The number of pyridine rings is 2. The van der Waals surface area contributed by atoms with Crippen LogP contribution < -0.4 is 5.32 Å². The van der Waals surface area contributed by atoms with E-state index in [1.807, 2.05) is 17.0 Å². The van der Waals surface area contributed by atoms with Gasteiger partial charge in [-0.1, -0.05) is 36.4 Å². The van der Waals surface area contributed by atoms with Gasteiger partial charge in [0.15, 0.2) is 0 Å². The van der Waals surface area contributed by atoms with Crippen molar-refractivity contribution in [2.75, 3.05) is 18.4 Å². The van der Waals surface area contributed by atoms with Crippen LogP contribution in [0.4, 0.5) is 5.82 Å². The molecule has 6 heteroatoms. The summed E-state index contributed by atoms with van der Waals surface area (Å²) < 4.78 is 0. The second kappa shape index (κ2) is 9.20. The maximum absolute atomic E-state index is 12.7. The second-order valence-electron chi connectivity index (χ2n) is 8.43. The second-order valence-corrected chi connectivity index (χ2v) is 8.43. The third-order valence-electron chi connectivity index (χ3n) is 6.23. The standard InChI is InChI=1S/C27H24N4O2/c32-26(31-17-23-14-22(15-24(23)18-31)20-4-2-1-3-5-20)9-7-19-6-8-25(29-16-19)30-27(33)21-10-12-28-13-11-21/h1-14,16,23-24H,15,17-18H2,(H,29,30,33)/b9-7+. The third-order valence-corrected chi connectivity index (χ3v) is 6.23. The molecule has 2 atom stereocenters. The topological polar surface area (TPSA) is 75.2 Å². The van der Waals surface area contributed by atoms with Crippen LogP contribution in [0.1, 0.15) is 27.9 Å². The number of hydrogen-bond acceptors (Lipinski definition) is 4. The Morgan fingerprint density at radius 1 is 1.00 bits per heavy atom. The van der Waals surface area contributed by atoms with Crippen molar-refractivity contribution in [3.63, 3.8) is 0 Å². The van der Waals surface area contributed by atoms with Crippen LogP contribution in [-0.2, 0) is 4.79 Å². The number of rotatable bonds is 5. The molecular weight excluding hydrogens is 412 g/mol. The smallest absolute Gasteiger partial charge is 0.256 e. The normalized spacial score (nSPS) is 19.4. The fourth-order valence-electron chi connectivity index (χ4n) is 4.50. The summed E-state index contributed by atoms with van der Waals surface area (Å²) in [6, 6.07) is 17.3. The van der Waals surface area contributed by atoms with Gasteiger partial charge in [0.1, 0.15) is 5.82 Å². The van der Waals surface area contributed by atoms with E-state index in [4.69, 9.17) is 0 Å². The molecule has 1 N–H and O–H groups in total. The van der Waals surface area contributed by atoms with E-state index in [1.54, 1.807) is 48.9 Å². The van der Waals surface area contributed by atoms with E-state index in [9.17, 15) is 9.59 Å². The number of fused-ring (bicyclic) bond motifs is 1. The summed E-state index contributed by atoms with van der Waals surface area (Å²) in [5.74, 6) is 1.17. The highest BCUT2D eigenvalue weighted by Gasteiger charge is 2.37. The first kappa shape index (κ1) is 20.8. The Balaban J connectivity index is 1.16. The molecule has 2 unspecified atom stereocenters. The van der Waals surface area contributed by atoms with Crippen molar-refractivity contribution in [3.8, 4) is 0 Å². The van der Waals surface area contributed by atoms with Crippen molar-refractivity contribution in [2.45, 2.75) is 6.42 Å². The summed E-state index contributed by atoms with van der Waals surface area (Å²) in [4.78, 5) is 35.0. The van der Waals surface area contributed by atoms with E-state index in [0.29, 0.717) is 23.2 Å². The molecule has 0 spiro atoms. The van der Waals surface area contributed by atoms with Crippen molar-refractivity contribution in [1.82, 2.24) is 14.9 Å². The van der Waals surface area contributed by atoms with Gasteiger partial charge in [0.05, 0.1) is 0 Å². The van der Waals surface area contributed by atoms with Crippen molar-refractivity contribution in [2.24, 2.45) is 11.8 Å². The molecule has 1 fully saturated rings. The Bertz CT molecular complexity index is 1200. The number of benzene rings is 1. The number of nitrogens with zero attached hydrogens (tertiary/aromatic N) is 3. The molecule has 0 saturated carbocycles. The largest absolute Gasteiger partial charge is 0.338 e. The van der Waals surface area contributed by atoms with Gasteiger partial charge in [-0.15, -0.1) is 0 Å². The molecule has 1 saturated heterocycles. The molecule has 1 aromatic carbocycles. The summed E-state index contributed by atoms with van der Waals surface area (Å²) in [6.45, 7) is 1.56. The van der Waals surface area contributed by atoms with E-state index >= 15 is 0 Å². The molecule has 2 aromatic heterocycles. The summed E-state index contributed by atoms with van der Waals surface area (Å²) in [6.07, 6.45) is 11.5. The molecule has 0 radical (unpaired) electrons. The monoisotopic (exact) mass is 436 g/mol. The number of likely N-dealkylation sites (tertiary alicyclic amines) is 1. The van der Waals surface area contributed by atoms with Gasteiger partial charge >= 0.3 is 0 Å². The number of aromatic nitrogens is 2. The Morgan fingerprint density at radius 2 is 1.82 bits per heavy atom. The summed E-state index contributed by atoms with van der Waals surface area (Å²) in [5.41, 5.74) is 4.01. The van der Waals surface area contributed by atoms with Gasteiger partial charge in [0.25, 0.3) is 5.91 Å². The molecule has 6 nitrogen and oxygen atoms in total. The number of nitrogens with one attached hydrogen (secondary N) is 1. The van der Waals surface area contributed by atoms with Crippen LogP contribution in [0.2, 0.25) is 0 Å². The molecular formula is C27H24N4O2. The highest BCUT2D eigenvalue weighted by atomic mass is 16.2. The minimum Gasteiger partial charge on any atom is -0.338 e. The van der Waals surface area contributed by atoms with Crippen LogP contribution >= 0.6 is 0 Å². The van der Waals surface area contributed by atoms with Crippen molar-refractivity contribution in [1.29, 1.82) is 0 Å². The van der Waals surface area contributed by atoms with Crippen molar-refractivity contribution < 1.29 is 9.59 Å². The molecule has 33 heavy (non-hydrogen) atoms. The van der Waals surface area contributed by atoms with Crippen LogP contribution in [0.25, 0.3) is 11.6 Å². The van der Waals surface area contributed by atoms with Crippen molar-refractivity contribution in [3.05, 3.63) is 102 Å². The summed E-state index contributed by atoms with van der Waals surface area (Å²) in [7, 11) is 0. The lowest BCUT2D eigenvalue weighted by Gasteiger charge is -2.15. The number of anilines is 1. The molecule has 1 aliphatic carbocycles. The van der Waals surface area contributed by atoms with Gasteiger partial charge in [-0.05, 0) is 65.3 Å². The van der Waals surface area contributed by atoms with Gasteiger partial charge in [-0.25, -0.2) is 4.98 Å². The maximum Gasteiger partial charge on any atom is 0.256 e. The van der Waals surface area contributed by atoms with Gasteiger partial charge in [-0.2, -0.15) is 0 Å².